The fourth-order valence-electron chi connectivity index (χ4n) is 1.68. The number of carbonyl (C=O) groups excluding carboxylic acids is 1. The molecular weight excluding hydrogens is 246 g/mol. The van der Waals surface area contributed by atoms with Crippen molar-refractivity contribution in [1.29, 1.82) is 0 Å². The van der Waals surface area contributed by atoms with Crippen LogP contribution in [0.15, 0.2) is 18.2 Å². The minimum atomic E-state index is -0.427. The molecule has 1 rings (SSSR count). The van der Waals surface area contributed by atoms with Crippen LogP contribution in [0.1, 0.15) is 25.8 Å². The number of nitrogens with zero attached hydrogens (tertiary/aromatic N) is 1. The predicted molar refractivity (Wildman–Crippen MR) is 74.2 cm³/mol. The van der Waals surface area contributed by atoms with Crippen molar-refractivity contribution in [3.8, 4) is 0 Å². The lowest BCUT2D eigenvalue weighted by molar-refractivity contribution is -0.384. The van der Waals surface area contributed by atoms with E-state index in [0.717, 1.165) is 5.56 Å². The van der Waals surface area contributed by atoms with Gasteiger partial charge in [0.15, 0.2) is 0 Å². The fourth-order valence-corrected chi connectivity index (χ4v) is 1.68. The van der Waals surface area contributed by atoms with E-state index in [0.29, 0.717) is 18.7 Å². The van der Waals surface area contributed by atoms with Gasteiger partial charge in [-0.05, 0) is 32.4 Å². The molecule has 2 N–H and O–H groups in total. The SMILES string of the molecule is Cc1cc(NCCC(=O)NC(C)C)cc([N+](=O)[O-])c1. The van der Waals surface area contributed by atoms with Gasteiger partial charge in [-0.25, -0.2) is 0 Å². The summed E-state index contributed by atoms with van der Waals surface area (Å²) in [6, 6.07) is 4.91. The first kappa shape index (κ1) is 14.9. The predicted octanol–water partition coefficient (Wildman–Crippen LogP) is 2.23. The van der Waals surface area contributed by atoms with Gasteiger partial charge in [0.05, 0.1) is 4.92 Å². The Morgan fingerprint density at radius 3 is 2.63 bits per heavy atom. The van der Waals surface area contributed by atoms with Crippen molar-refractivity contribution in [3.63, 3.8) is 0 Å². The molecule has 0 aliphatic rings. The van der Waals surface area contributed by atoms with E-state index in [9.17, 15) is 14.9 Å². The molecule has 0 fully saturated rings. The summed E-state index contributed by atoms with van der Waals surface area (Å²) in [5.74, 6) is -0.0374. The molecule has 0 bridgehead atoms. The molecule has 1 aromatic rings. The number of hydrogen-bond donors (Lipinski definition) is 2. The van der Waals surface area contributed by atoms with Crippen molar-refractivity contribution in [1.82, 2.24) is 5.32 Å². The minimum Gasteiger partial charge on any atom is -0.384 e. The number of hydrogen-bond acceptors (Lipinski definition) is 4. The molecule has 0 unspecified atom stereocenters. The maximum atomic E-state index is 11.4. The molecule has 0 radical (unpaired) electrons. The highest BCUT2D eigenvalue weighted by Gasteiger charge is 2.08. The first-order chi connectivity index (χ1) is 8.88. The zero-order valence-electron chi connectivity index (χ0n) is 11.4. The average Bonchev–Trinajstić information content (AvgIpc) is 2.27. The highest BCUT2D eigenvalue weighted by atomic mass is 16.6. The number of nitro benzene ring substituents is 1. The summed E-state index contributed by atoms with van der Waals surface area (Å²) in [6.45, 7) is 6.04. The van der Waals surface area contributed by atoms with E-state index < -0.39 is 4.92 Å². The second-order valence-corrected chi connectivity index (χ2v) is 4.71. The van der Waals surface area contributed by atoms with Crippen LogP contribution in [0.5, 0.6) is 0 Å². The molecule has 0 saturated heterocycles. The molecule has 104 valence electrons. The Balaban J connectivity index is 2.54. The van der Waals surface area contributed by atoms with Crippen LogP contribution in [-0.4, -0.2) is 23.4 Å². The lowest BCUT2D eigenvalue weighted by Crippen LogP contribution is -2.31. The third-order valence-electron chi connectivity index (χ3n) is 2.40. The van der Waals surface area contributed by atoms with Gasteiger partial charge in [-0.3, -0.25) is 14.9 Å². The quantitative estimate of drug-likeness (QED) is 0.610. The smallest absolute Gasteiger partial charge is 0.271 e. The molecule has 1 amide bonds. The summed E-state index contributed by atoms with van der Waals surface area (Å²) in [5.41, 5.74) is 1.52. The number of anilines is 1. The summed E-state index contributed by atoms with van der Waals surface area (Å²) in [7, 11) is 0. The first-order valence-corrected chi connectivity index (χ1v) is 6.18. The van der Waals surface area contributed by atoms with E-state index in [1.54, 1.807) is 6.92 Å². The first-order valence-electron chi connectivity index (χ1n) is 6.18. The Bertz CT molecular complexity index is 472. The minimum absolute atomic E-state index is 0.0374. The number of aryl methyl sites for hydroxylation is 1. The van der Waals surface area contributed by atoms with Crippen molar-refractivity contribution in [2.75, 3.05) is 11.9 Å². The van der Waals surface area contributed by atoms with Gasteiger partial charge in [0.2, 0.25) is 5.91 Å². The topological polar surface area (TPSA) is 84.3 Å². The monoisotopic (exact) mass is 265 g/mol. The van der Waals surface area contributed by atoms with E-state index in [-0.39, 0.29) is 17.6 Å². The third-order valence-corrected chi connectivity index (χ3v) is 2.40. The van der Waals surface area contributed by atoms with E-state index in [1.165, 1.54) is 12.1 Å². The Morgan fingerprint density at radius 2 is 2.05 bits per heavy atom. The molecular formula is C13H19N3O3. The van der Waals surface area contributed by atoms with Crippen LogP contribution in [0.25, 0.3) is 0 Å². The van der Waals surface area contributed by atoms with Gasteiger partial charge in [0, 0.05) is 36.8 Å². The number of nitro groups is 1. The molecule has 6 nitrogen and oxygen atoms in total. The number of rotatable bonds is 6. The standard InChI is InChI=1S/C13H19N3O3/c1-9(2)15-13(17)4-5-14-11-6-10(3)7-12(8-11)16(18)19/h6-9,14H,4-5H2,1-3H3,(H,15,17). The maximum Gasteiger partial charge on any atom is 0.271 e. The van der Waals surface area contributed by atoms with Crippen LogP contribution >= 0.6 is 0 Å². The van der Waals surface area contributed by atoms with E-state index >= 15 is 0 Å². The highest BCUT2D eigenvalue weighted by molar-refractivity contribution is 5.76. The van der Waals surface area contributed by atoms with Gasteiger partial charge in [-0.2, -0.15) is 0 Å². The van der Waals surface area contributed by atoms with E-state index in [4.69, 9.17) is 0 Å². The van der Waals surface area contributed by atoms with Crippen molar-refractivity contribution in [2.24, 2.45) is 0 Å². The highest BCUT2D eigenvalue weighted by Crippen LogP contribution is 2.20. The zero-order valence-corrected chi connectivity index (χ0v) is 11.4. The van der Waals surface area contributed by atoms with Gasteiger partial charge in [0.25, 0.3) is 5.69 Å². The molecule has 0 saturated carbocycles. The summed E-state index contributed by atoms with van der Waals surface area (Å²) in [6.07, 6.45) is 0.333. The number of amides is 1. The molecule has 0 aliphatic heterocycles. The third kappa shape index (κ3) is 5.37. The fraction of sp³-hybridized carbons (Fsp3) is 0.462. The summed E-state index contributed by atoms with van der Waals surface area (Å²) >= 11 is 0. The van der Waals surface area contributed by atoms with Crippen LogP contribution in [0.2, 0.25) is 0 Å². The molecule has 0 aliphatic carbocycles. The van der Waals surface area contributed by atoms with Crippen LogP contribution in [0, 0.1) is 17.0 Å². The van der Waals surface area contributed by atoms with Crippen LogP contribution < -0.4 is 10.6 Å². The largest absolute Gasteiger partial charge is 0.384 e. The lowest BCUT2D eigenvalue weighted by Gasteiger charge is -2.10. The van der Waals surface area contributed by atoms with Crippen molar-refractivity contribution >= 4 is 17.3 Å². The number of non-ortho nitro benzene ring substituents is 1. The molecule has 0 atom stereocenters. The Labute approximate surface area is 112 Å². The average molecular weight is 265 g/mol. The van der Waals surface area contributed by atoms with Crippen LogP contribution in [0.4, 0.5) is 11.4 Å². The van der Waals surface area contributed by atoms with E-state index in [2.05, 4.69) is 10.6 Å². The molecule has 0 spiro atoms. The lowest BCUT2D eigenvalue weighted by atomic mass is 10.2. The van der Waals surface area contributed by atoms with Gasteiger partial charge in [-0.15, -0.1) is 0 Å². The normalized spacial score (nSPS) is 10.3. The van der Waals surface area contributed by atoms with Gasteiger partial charge >= 0.3 is 0 Å². The van der Waals surface area contributed by atoms with E-state index in [1.807, 2.05) is 19.9 Å². The Morgan fingerprint density at radius 1 is 1.37 bits per heavy atom. The molecule has 6 heteroatoms. The molecule has 1 aromatic carbocycles. The maximum absolute atomic E-state index is 11.4. The zero-order chi connectivity index (χ0) is 14.4. The van der Waals surface area contributed by atoms with Crippen LogP contribution in [0.3, 0.4) is 0 Å². The Hall–Kier alpha value is -2.11. The number of carbonyl (C=O) groups is 1. The molecule has 0 heterocycles. The number of benzene rings is 1. The summed E-state index contributed by atoms with van der Waals surface area (Å²) in [4.78, 5) is 21.7. The summed E-state index contributed by atoms with van der Waals surface area (Å²) in [5, 5.41) is 16.5. The summed E-state index contributed by atoms with van der Waals surface area (Å²) < 4.78 is 0. The van der Waals surface area contributed by atoms with Crippen molar-refractivity contribution in [3.05, 3.63) is 33.9 Å². The molecule has 0 aromatic heterocycles. The van der Waals surface area contributed by atoms with Gasteiger partial charge < -0.3 is 10.6 Å². The van der Waals surface area contributed by atoms with Gasteiger partial charge in [0.1, 0.15) is 0 Å². The molecule has 19 heavy (non-hydrogen) atoms. The van der Waals surface area contributed by atoms with Crippen molar-refractivity contribution < 1.29 is 9.72 Å². The second-order valence-electron chi connectivity index (χ2n) is 4.71. The van der Waals surface area contributed by atoms with Crippen LogP contribution in [-0.2, 0) is 4.79 Å². The second kappa shape index (κ2) is 6.72. The van der Waals surface area contributed by atoms with Gasteiger partial charge in [-0.1, -0.05) is 0 Å². The number of nitrogens with one attached hydrogen (secondary N) is 2. The van der Waals surface area contributed by atoms with Crippen molar-refractivity contribution in [2.45, 2.75) is 33.2 Å². The Kier molecular flexibility index (Phi) is 5.29.